The predicted molar refractivity (Wildman–Crippen MR) is 98.4 cm³/mol. The van der Waals surface area contributed by atoms with Crippen LogP contribution in [-0.2, 0) is 10.2 Å². The lowest BCUT2D eigenvalue weighted by atomic mass is 9.86. The number of rotatable bonds is 5. The maximum absolute atomic E-state index is 12.0. The highest BCUT2D eigenvalue weighted by atomic mass is 32.1. The van der Waals surface area contributed by atoms with Gasteiger partial charge in [0.05, 0.1) is 17.5 Å². The largest absolute Gasteiger partial charge is 0.348 e. The molecule has 1 unspecified atom stereocenters. The Bertz CT molecular complexity index is 685. The van der Waals surface area contributed by atoms with E-state index in [1.807, 2.05) is 30.5 Å². The Labute approximate surface area is 147 Å². The summed E-state index contributed by atoms with van der Waals surface area (Å²) in [5.74, 6) is -0.422. The molecule has 5 heteroatoms. The van der Waals surface area contributed by atoms with Crippen molar-refractivity contribution in [2.75, 3.05) is 6.54 Å². The summed E-state index contributed by atoms with van der Waals surface area (Å²) < 4.78 is 0. The Hall–Kier alpha value is -2.14. The van der Waals surface area contributed by atoms with Gasteiger partial charge in [-0.15, -0.1) is 11.3 Å². The molecule has 0 aliphatic carbocycles. The van der Waals surface area contributed by atoms with E-state index in [2.05, 4.69) is 43.5 Å². The molecule has 0 saturated heterocycles. The van der Waals surface area contributed by atoms with Crippen LogP contribution in [0.4, 0.5) is 0 Å². The number of thiophene rings is 1. The molecule has 1 atom stereocenters. The average molecular weight is 344 g/mol. The van der Waals surface area contributed by atoms with E-state index in [9.17, 15) is 9.59 Å². The first kappa shape index (κ1) is 18.2. The minimum atomic E-state index is -0.220. The van der Waals surface area contributed by atoms with Gasteiger partial charge in [0.25, 0.3) is 5.91 Å². The van der Waals surface area contributed by atoms with E-state index >= 15 is 0 Å². The normalized spacial score (nSPS) is 12.5. The van der Waals surface area contributed by atoms with Crippen LogP contribution in [0.2, 0.25) is 0 Å². The van der Waals surface area contributed by atoms with Gasteiger partial charge in [-0.05, 0) is 34.9 Å². The quantitative estimate of drug-likeness (QED) is 0.870. The van der Waals surface area contributed by atoms with Crippen LogP contribution < -0.4 is 10.6 Å². The lowest BCUT2D eigenvalue weighted by molar-refractivity contribution is -0.120. The van der Waals surface area contributed by atoms with Crippen LogP contribution in [-0.4, -0.2) is 18.4 Å². The third kappa shape index (κ3) is 4.93. The van der Waals surface area contributed by atoms with Crippen molar-refractivity contribution in [1.82, 2.24) is 10.6 Å². The van der Waals surface area contributed by atoms with Crippen LogP contribution in [0.15, 0.2) is 41.8 Å². The fourth-order valence-electron chi connectivity index (χ4n) is 2.30. The van der Waals surface area contributed by atoms with Crippen molar-refractivity contribution in [2.24, 2.45) is 0 Å². The number of carbonyl (C=O) groups is 2. The Morgan fingerprint density at radius 1 is 1.12 bits per heavy atom. The van der Waals surface area contributed by atoms with Gasteiger partial charge in [-0.3, -0.25) is 9.59 Å². The van der Waals surface area contributed by atoms with Gasteiger partial charge in [0, 0.05) is 0 Å². The molecule has 0 radical (unpaired) electrons. The van der Waals surface area contributed by atoms with Gasteiger partial charge >= 0.3 is 0 Å². The van der Waals surface area contributed by atoms with Crippen LogP contribution in [0.5, 0.6) is 0 Å². The lowest BCUT2D eigenvalue weighted by Gasteiger charge is -2.20. The summed E-state index contributed by atoms with van der Waals surface area (Å²) in [7, 11) is 0. The second kappa shape index (κ2) is 7.62. The highest BCUT2D eigenvalue weighted by Crippen LogP contribution is 2.23. The molecule has 1 heterocycles. The van der Waals surface area contributed by atoms with E-state index in [0.717, 1.165) is 5.56 Å². The predicted octanol–water partition coefficient (Wildman–Crippen LogP) is 3.65. The lowest BCUT2D eigenvalue weighted by Crippen LogP contribution is -2.37. The van der Waals surface area contributed by atoms with Crippen LogP contribution in [0.25, 0.3) is 0 Å². The molecule has 0 bridgehead atoms. The minimum Gasteiger partial charge on any atom is -0.348 e. The van der Waals surface area contributed by atoms with E-state index in [-0.39, 0.29) is 29.8 Å². The summed E-state index contributed by atoms with van der Waals surface area (Å²) >= 11 is 1.35. The Morgan fingerprint density at radius 3 is 2.33 bits per heavy atom. The van der Waals surface area contributed by atoms with Crippen molar-refractivity contribution < 1.29 is 9.59 Å². The Kier molecular flexibility index (Phi) is 5.78. The van der Waals surface area contributed by atoms with Crippen molar-refractivity contribution >= 4 is 23.2 Å². The van der Waals surface area contributed by atoms with E-state index < -0.39 is 0 Å². The zero-order valence-corrected chi connectivity index (χ0v) is 15.4. The van der Waals surface area contributed by atoms with Gasteiger partial charge < -0.3 is 10.6 Å². The summed E-state index contributed by atoms with van der Waals surface area (Å²) in [6.07, 6.45) is 0. The number of benzene rings is 1. The Balaban J connectivity index is 1.86. The van der Waals surface area contributed by atoms with Crippen molar-refractivity contribution in [3.8, 4) is 0 Å². The molecular formula is C19H24N2O2S. The molecule has 0 aliphatic rings. The monoisotopic (exact) mass is 344 g/mol. The highest BCUT2D eigenvalue weighted by molar-refractivity contribution is 7.12. The molecule has 0 saturated carbocycles. The van der Waals surface area contributed by atoms with E-state index in [1.54, 1.807) is 6.07 Å². The zero-order valence-electron chi connectivity index (χ0n) is 14.6. The summed E-state index contributed by atoms with van der Waals surface area (Å²) in [6.45, 7) is 8.42. The van der Waals surface area contributed by atoms with Crippen molar-refractivity contribution in [2.45, 2.75) is 39.2 Å². The molecule has 24 heavy (non-hydrogen) atoms. The van der Waals surface area contributed by atoms with Gasteiger partial charge in [-0.2, -0.15) is 0 Å². The molecule has 0 aliphatic heterocycles. The van der Waals surface area contributed by atoms with Gasteiger partial charge in [-0.25, -0.2) is 0 Å². The van der Waals surface area contributed by atoms with Gasteiger partial charge in [0.1, 0.15) is 0 Å². The molecule has 2 rings (SSSR count). The molecular weight excluding hydrogens is 320 g/mol. The fourth-order valence-corrected chi connectivity index (χ4v) is 2.94. The van der Waals surface area contributed by atoms with Crippen molar-refractivity contribution in [3.63, 3.8) is 0 Å². The highest BCUT2D eigenvalue weighted by Gasteiger charge is 2.15. The van der Waals surface area contributed by atoms with Crippen LogP contribution in [0.3, 0.4) is 0 Å². The number of carbonyl (C=O) groups excluding carboxylic acids is 2. The summed E-state index contributed by atoms with van der Waals surface area (Å²) in [4.78, 5) is 24.4. The molecule has 0 fully saturated rings. The topological polar surface area (TPSA) is 58.2 Å². The molecule has 128 valence electrons. The summed E-state index contributed by atoms with van der Waals surface area (Å²) in [5, 5.41) is 7.37. The number of hydrogen-bond donors (Lipinski definition) is 2. The van der Waals surface area contributed by atoms with Gasteiger partial charge in [0.15, 0.2) is 0 Å². The average Bonchev–Trinajstić information content (AvgIpc) is 3.06. The third-order valence-corrected chi connectivity index (χ3v) is 4.68. The molecule has 4 nitrogen and oxygen atoms in total. The fraction of sp³-hybridized carbons (Fsp3) is 0.368. The van der Waals surface area contributed by atoms with Gasteiger partial charge in [0.2, 0.25) is 5.91 Å². The second-order valence-corrected chi connectivity index (χ2v) is 7.77. The van der Waals surface area contributed by atoms with Crippen molar-refractivity contribution in [1.29, 1.82) is 0 Å². The van der Waals surface area contributed by atoms with Crippen LogP contribution in [0, 0.1) is 0 Å². The smallest absolute Gasteiger partial charge is 0.261 e. The van der Waals surface area contributed by atoms with Crippen LogP contribution in [0.1, 0.15) is 54.5 Å². The van der Waals surface area contributed by atoms with Gasteiger partial charge in [-0.1, -0.05) is 51.1 Å². The Morgan fingerprint density at radius 2 is 1.79 bits per heavy atom. The van der Waals surface area contributed by atoms with Crippen LogP contribution >= 0.6 is 11.3 Å². The van der Waals surface area contributed by atoms with E-state index in [1.165, 1.54) is 16.9 Å². The van der Waals surface area contributed by atoms with Crippen molar-refractivity contribution in [3.05, 3.63) is 57.8 Å². The summed E-state index contributed by atoms with van der Waals surface area (Å²) in [6, 6.07) is 11.7. The SMILES string of the molecule is CC(NC(=O)CNC(=O)c1cccs1)c1ccc(C(C)(C)C)cc1. The first-order valence-corrected chi connectivity index (χ1v) is 8.87. The molecule has 2 aromatic rings. The number of hydrogen-bond acceptors (Lipinski definition) is 3. The minimum absolute atomic E-state index is 0.0266. The maximum atomic E-state index is 12.0. The maximum Gasteiger partial charge on any atom is 0.261 e. The standard InChI is InChI=1S/C19H24N2O2S/c1-13(14-7-9-15(10-8-14)19(2,3)4)21-17(22)12-20-18(23)16-6-5-11-24-16/h5-11,13H,12H2,1-4H3,(H,20,23)(H,21,22). The molecule has 1 aromatic heterocycles. The molecule has 2 N–H and O–H groups in total. The zero-order chi connectivity index (χ0) is 17.7. The number of nitrogens with one attached hydrogen (secondary N) is 2. The molecule has 1 aromatic carbocycles. The summed E-state index contributed by atoms with van der Waals surface area (Å²) in [5.41, 5.74) is 2.41. The molecule has 0 spiro atoms. The molecule has 2 amide bonds. The first-order chi connectivity index (χ1) is 11.3. The van der Waals surface area contributed by atoms with E-state index in [0.29, 0.717) is 4.88 Å². The van der Waals surface area contributed by atoms with E-state index in [4.69, 9.17) is 0 Å². The second-order valence-electron chi connectivity index (χ2n) is 6.82. The number of amides is 2. The third-order valence-electron chi connectivity index (χ3n) is 3.81. The first-order valence-electron chi connectivity index (χ1n) is 7.99.